The number of hydrogen-bond acceptors (Lipinski definition) is 6. The van der Waals surface area contributed by atoms with Gasteiger partial charge in [0.1, 0.15) is 0 Å². The molecule has 6 heteroatoms. The summed E-state index contributed by atoms with van der Waals surface area (Å²) in [5, 5.41) is 0. The molecule has 0 aromatic rings. The van der Waals surface area contributed by atoms with Gasteiger partial charge < -0.3 is 18.9 Å². The maximum atomic E-state index is 6.16. The zero-order valence-electron chi connectivity index (χ0n) is 19.3. The molecule has 0 aromatic carbocycles. The van der Waals surface area contributed by atoms with Gasteiger partial charge in [-0.25, -0.2) is 0 Å². The molecule has 29 heavy (non-hydrogen) atoms. The average Bonchev–Trinajstić information content (AvgIpc) is 2.65. The highest BCUT2D eigenvalue weighted by molar-refractivity contribution is 4.87. The van der Waals surface area contributed by atoms with Crippen molar-refractivity contribution in [3.63, 3.8) is 0 Å². The minimum atomic E-state index is 0.135. The lowest BCUT2D eigenvalue weighted by atomic mass is 10.1. The lowest BCUT2D eigenvalue weighted by molar-refractivity contribution is -0.0913. The first-order valence-electron chi connectivity index (χ1n) is 11.5. The molecule has 2 rings (SSSR count). The van der Waals surface area contributed by atoms with E-state index in [1.807, 2.05) is 6.08 Å². The first-order chi connectivity index (χ1) is 13.9. The van der Waals surface area contributed by atoms with Gasteiger partial charge in [-0.3, -0.25) is 9.80 Å². The smallest absolute Gasteiger partial charge is 0.0884 e. The van der Waals surface area contributed by atoms with E-state index >= 15 is 0 Å². The topological polar surface area (TPSA) is 43.4 Å². The van der Waals surface area contributed by atoms with Crippen LogP contribution in [0.3, 0.4) is 0 Å². The molecule has 0 radical (unpaired) electrons. The molecule has 3 unspecified atom stereocenters. The van der Waals surface area contributed by atoms with Crippen molar-refractivity contribution in [3.05, 3.63) is 12.7 Å². The van der Waals surface area contributed by atoms with Gasteiger partial charge in [0.2, 0.25) is 0 Å². The molecule has 2 heterocycles. The quantitative estimate of drug-likeness (QED) is 0.459. The van der Waals surface area contributed by atoms with E-state index in [1.54, 1.807) is 0 Å². The van der Waals surface area contributed by atoms with Gasteiger partial charge in [0.25, 0.3) is 0 Å². The summed E-state index contributed by atoms with van der Waals surface area (Å²) in [7, 11) is 0. The Labute approximate surface area is 178 Å². The maximum absolute atomic E-state index is 6.16. The standard InChI is InChI=1S/C23H44N2O4/c1-7-22-16-24(14-20(5)28-22)11-13-27-19(4)8-9-23-17-25(15-21(6)29-23)10-12-26-18(2)3/h7,18-23H,1,8-17H2,2-6H3/t19?,20-,21?,22+,23?/m1/s1. The van der Waals surface area contributed by atoms with Crippen molar-refractivity contribution < 1.29 is 18.9 Å². The molecule has 6 nitrogen and oxygen atoms in total. The van der Waals surface area contributed by atoms with E-state index in [0.717, 1.165) is 65.3 Å². The number of morpholine rings is 2. The third kappa shape index (κ3) is 9.90. The summed E-state index contributed by atoms with van der Waals surface area (Å²) in [5.74, 6) is 0. The van der Waals surface area contributed by atoms with Crippen molar-refractivity contribution in [1.29, 1.82) is 0 Å². The monoisotopic (exact) mass is 412 g/mol. The summed E-state index contributed by atoms with van der Waals surface area (Å²) in [5.41, 5.74) is 0. The molecule has 2 aliphatic rings. The van der Waals surface area contributed by atoms with Crippen molar-refractivity contribution in [3.8, 4) is 0 Å². The van der Waals surface area contributed by atoms with Crippen molar-refractivity contribution in [1.82, 2.24) is 9.80 Å². The van der Waals surface area contributed by atoms with E-state index < -0.39 is 0 Å². The Morgan fingerprint density at radius 3 is 2.21 bits per heavy atom. The van der Waals surface area contributed by atoms with Gasteiger partial charge >= 0.3 is 0 Å². The second kappa shape index (κ2) is 13.0. The van der Waals surface area contributed by atoms with Crippen LogP contribution < -0.4 is 0 Å². The Balaban J connectivity index is 1.61. The zero-order chi connectivity index (χ0) is 21.2. The zero-order valence-corrected chi connectivity index (χ0v) is 19.3. The molecule has 0 N–H and O–H groups in total. The summed E-state index contributed by atoms with van der Waals surface area (Å²) >= 11 is 0. The molecule has 0 spiro atoms. The third-order valence-electron chi connectivity index (χ3n) is 5.59. The van der Waals surface area contributed by atoms with Gasteiger partial charge in [-0.05, 0) is 47.5 Å². The number of ether oxygens (including phenoxy) is 4. The molecular formula is C23H44N2O4. The normalized spacial score (nSPS) is 30.6. The van der Waals surface area contributed by atoms with Crippen LogP contribution in [0, 0.1) is 0 Å². The largest absolute Gasteiger partial charge is 0.377 e. The average molecular weight is 413 g/mol. The first kappa shape index (κ1) is 24.8. The second-order valence-electron chi connectivity index (χ2n) is 8.99. The lowest BCUT2D eigenvalue weighted by Crippen LogP contribution is -2.48. The summed E-state index contributed by atoms with van der Waals surface area (Å²) in [4.78, 5) is 4.89. The van der Waals surface area contributed by atoms with E-state index in [0.29, 0.717) is 6.10 Å². The second-order valence-corrected chi connectivity index (χ2v) is 8.99. The van der Waals surface area contributed by atoms with E-state index in [1.165, 1.54) is 0 Å². The van der Waals surface area contributed by atoms with E-state index in [-0.39, 0.29) is 30.5 Å². The molecule has 0 saturated carbocycles. The van der Waals surface area contributed by atoms with Gasteiger partial charge in [0.05, 0.1) is 49.8 Å². The molecule has 170 valence electrons. The van der Waals surface area contributed by atoms with Crippen LogP contribution in [0.1, 0.15) is 47.5 Å². The van der Waals surface area contributed by atoms with E-state index in [9.17, 15) is 0 Å². The molecule has 2 saturated heterocycles. The van der Waals surface area contributed by atoms with Crippen LogP contribution in [0.2, 0.25) is 0 Å². The number of nitrogens with zero attached hydrogens (tertiary/aromatic N) is 2. The Morgan fingerprint density at radius 2 is 1.55 bits per heavy atom. The Morgan fingerprint density at radius 1 is 0.931 bits per heavy atom. The molecular weight excluding hydrogens is 368 g/mol. The van der Waals surface area contributed by atoms with E-state index in [2.05, 4.69) is 51.0 Å². The Kier molecular flexibility index (Phi) is 11.1. The van der Waals surface area contributed by atoms with Gasteiger partial charge in [0.15, 0.2) is 0 Å². The van der Waals surface area contributed by atoms with Crippen LogP contribution in [0.5, 0.6) is 0 Å². The van der Waals surface area contributed by atoms with Crippen molar-refractivity contribution in [2.75, 3.05) is 52.5 Å². The number of rotatable bonds is 12. The third-order valence-corrected chi connectivity index (χ3v) is 5.59. The number of hydrogen-bond donors (Lipinski definition) is 0. The van der Waals surface area contributed by atoms with Crippen LogP contribution in [0.15, 0.2) is 12.7 Å². The predicted octanol–water partition coefficient (Wildman–Crippen LogP) is 2.96. The van der Waals surface area contributed by atoms with Gasteiger partial charge in [-0.2, -0.15) is 0 Å². The summed E-state index contributed by atoms with van der Waals surface area (Å²) in [6.07, 6.45) is 5.48. The van der Waals surface area contributed by atoms with Crippen LogP contribution in [-0.2, 0) is 18.9 Å². The highest BCUT2D eigenvalue weighted by atomic mass is 16.5. The minimum Gasteiger partial charge on any atom is -0.377 e. The Hall–Kier alpha value is -0.500. The summed E-state index contributed by atoms with van der Waals surface area (Å²) in [6, 6.07) is 0. The molecule has 5 atom stereocenters. The molecule has 0 aromatic heterocycles. The molecule has 0 bridgehead atoms. The lowest BCUT2D eigenvalue weighted by Gasteiger charge is -2.37. The first-order valence-corrected chi connectivity index (χ1v) is 11.5. The molecule has 0 amide bonds. The van der Waals surface area contributed by atoms with Crippen LogP contribution in [0.4, 0.5) is 0 Å². The van der Waals surface area contributed by atoms with Gasteiger partial charge in [-0.1, -0.05) is 6.08 Å². The van der Waals surface area contributed by atoms with Gasteiger partial charge in [0, 0.05) is 39.3 Å². The van der Waals surface area contributed by atoms with Crippen molar-refractivity contribution in [2.24, 2.45) is 0 Å². The molecule has 0 aliphatic carbocycles. The van der Waals surface area contributed by atoms with Crippen LogP contribution in [-0.4, -0.2) is 98.9 Å². The van der Waals surface area contributed by atoms with Crippen molar-refractivity contribution >= 4 is 0 Å². The highest BCUT2D eigenvalue weighted by Crippen LogP contribution is 2.17. The van der Waals surface area contributed by atoms with Crippen LogP contribution >= 0.6 is 0 Å². The fraction of sp³-hybridized carbons (Fsp3) is 0.913. The van der Waals surface area contributed by atoms with Crippen LogP contribution in [0.25, 0.3) is 0 Å². The fourth-order valence-corrected chi connectivity index (χ4v) is 4.18. The minimum absolute atomic E-state index is 0.135. The van der Waals surface area contributed by atoms with E-state index in [4.69, 9.17) is 18.9 Å². The summed E-state index contributed by atoms with van der Waals surface area (Å²) in [6.45, 7) is 21.9. The van der Waals surface area contributed by atoms with Gasteiger partial charge in [-0.15, -0.1) is 6.58 Å². The maximum Gasteiger partial charge on any atom is 0.0884 e. The van der Waals surface area contributed by atoms with Crippen molar-refractivity contribution in [2.45, 2.75) is 84.1 Å². The Bertz CT molecular complexity index is 462. The fourth-order valence-electron chi connectivity index (χ4n) is 4.18. The predicted molar refractivity (Wildman–Crippen MR) is 117 cm³/mol. The molecule has 2 fully saturated rings. The SMILES string of the molecule is C=C[C@H]1CN(CCOC(C)CCC2CN(CCOC(C)C)CC(C)O2)C[C@@H](C)O1. The highest BCUT2D eigenvalue weighted by Gasteiger charge is 2.26. The molecule has 2 aliphatic heterocycles. The summed E-state index contributed by atoms with van der Waals surface area (Å²) < 4.78 is 23.8.